The molecule has 0 aliphatic rings. The number of hydrogen-bond donors (Lipinski definition) is 1. The van der Waals surface area contributed by atoms with Crippen molar-refractivity contribution in [3.63, 3.8) is 0 Å². The minimum Gasteiger partial charge on any atom is -0.487 e. The summed E-state index contributed by atoms with van der Waals surface area (Å²) < 4.78 is 21.2. The molecule has 0 unspecified atom stereocenters. The number of rotatable bonds is 6. The van der Waals surface area contributed by atoms with Crippen LogP contribution in [0.25, 0.3) is 16.6 Å². The maximum absolute atomic E-state index is 13.7. The van der Waals surface area contributed by atoms with Crippen molar-refractivity contribution in [1.82, 2.24) is 19.6 Å². The highest BCUT2D eigenvalue weighted by atomic mass is 35.5. The lowest BCUT2D eigenvalue weighted by molar-refractivity contribution is -0.137. The summed E-state index contributed by atoms with van der Waals surface area (Å²) in [5, 5.41) is 18.5. The van der Waals surface area contributed by atoms with Crippen molar-refractivity contribution in [1.29, 1.82) is 0 Å². The molecule has 0 radical (unpaired) electrons. The van der Waals surface area contributed by atoms with Gasteiger partial charge in [0.25, 0.3) is 0 Å². The van der Waals surface area contributed by atoms with Crippen LogP contribution in [0, 0.1) is 12.7 Å². The zero-order valence-corrected chi connectivity index (χ0v) is 16.1. The Morgan fingerprint density at radius 3 is 2.79 bits per heavy atom. The zero-order valence-electron chi connectivity index (χ0n) is 15.3. The molecule has 29 heavy (non-hydrogen) atoms. The van der Waals surface area contributed by atoms with Gasteiger partial charge in [-0.1, -0.05) is 11.6 Å². The van der Waals surface area contributed by atoms with Crippen LogP contribution in [-0.4, -0.2) is 30.6 Å². The Balaban J connectivity index is 1.51. The fourth-order valence-corrected chi connectivity index (χ4v) is 3.09. The number of aryl methyl sites for hydroxylation is 1. The number of carbonyl (C=O) groups is 1. The first-order valence-corrected chi connectivity index (χ1v) is 9.10. The van der Waals surface area contributed by atoms with Gasteiger partial charge >= 0.3 is 5.97 Å². The molecule has 9 heteroatoms. The van der Waals surface area contributed by atoms with Gasteiger partial charge in [0.2, 0.25) is 0 Å². The van der Waals surface area contributed by atoms with E-state index in [9.17, 15) is 9.18 Å². The molecule has 148 valence electrons. The van der Waals surface area contributed by atoms with E-state index >= 15 is 0 Å². The normalized spacial score (nSPS) is 11.1. The summed E-state index contributed by atoms with van der Waals surface area (Å²) in [6, 6.07) is 11.6. The number of aromatic nitrogens is 4. The van der Waals surface area contributed by atoms with E-state index in [-0.39, 0.29) is 18.2 Å². The lowest BCUT2D eigenvalue weighted by atomic mass is 10.2. The van der Waals surface area contributed by atoms with Crippen molar-refractivity contribution in [2.45, 2.75) is 20.1 Å². The molecule has 0 atom stereocenters. The first-order valence-electron chi connectivity index (χ1n) is 8.72. The highest BCUT2D eigenvalue weighted by Gasteiger charge is 2.12. The molecule has 2 aromatic heterocycles. The van der Waals surface area contributed by atoms with Gasteiger partial charge in [-0.3, -0.25) is 4.79 Å². The van der Waals surface area contributed by atoms with E-state index in [4.69, 9.17) is 21.4 Å². The first-order chi connectivity index (χ1) is 13.9. The molecular weight excluding hydrogens is 399 g/mol. The zero-order chi connectivity index (χ0) is 20.5. The maximum Gasteiger partial charge on any atom is 0.323 e. The third kappa shape index (κ3) is 3.93. The quantitative estimate of drug-likeness (QED) is 0.516. The monoisotopic (exact) mass is 414 g/mol. The summed E-state index contributed by atoms with van der Waals surface area (Å²) >= 11 is 5.71. The smallest absolute Gasteiger partial charge is 0.323 e. The SMILES string of the molecule is Cc1nn(-c2ccc(Cl)c(F)c2)nc1COc1ccc2c(ccn2CC(=O)O)c1. The molecule has 7 nitrogen and oxygen atoms in total. The number of nitrogens with zero attached hydrogens (tertiary/aromatic N) is 4. The van der Waals surface area contributed by atoms with Gasteiger partial charge in [0.15, 0.2) is 0 Å². The van der Waals surface area contributed by atoms with Gasteiger partial charge in [-0.2, -0.15) is 9.90 Å². The van der Waals surface area contributed by atoms with Crippen LogP contribution < -0.4 is 4.74 Å². The number of carboxylic acids is 1. The number of aliphatic carboxylic acids is 1. The molecule has 0 saturated carbocycles. The number of hydrogen-bond acceptors (Lipinski definition) is 4. The van der Waals surface area contributed by atoms with Crippen LogP contribution in [0.5, 0.6) is 5.75 Å². The second kappa shape index (κ2) is 7.56. The topological polar surface area (TPSA) is 82.2 Å². The molecule has 4 rings (SSSR count). The van der Waals surface area contributed by atoms with E-state index in [0.717, 1.165) is 10.9 Å². The molecule has 0 aliphatic heterocycles. The summed E-state index contributed by atoms with van der Waals surface area (Å²) in [5.41, 5.74) is 2.55. The number of halogens is 2. The fraction of sp³-hybridized carbons (Fsp3) is 0.150. The summed E-state index contributed by atoms with van der Waals surface area (Å²) in [6.45, 7) is 1.88. The van der Waals surface area contributed by atoms with Crippen molar-refractivity contribution in [3.05, 3.63) is 70.9 Å². The first kappa shape index (κ1) is 18.9. The number of fused-ring (bicyclic) bond motifs is 1. The minimum atomic E-state index is -0.901. The third-order valence-corrected chi connectivity index (χ3v) is 4.74. The summed E-state index contributed by atoms with van der Waals surface area (Å²) in [4.78, 5) is 12.3. The summed E-state index contributed by atoms with van der Waals surface area (Å²) in [5.74, 6) is -0.820. The molecule has 4 aromatic rings. The lowest BCUT2D eigenvalue weighted by Crippen LogP contribution is -2.07. The average molecular weight is 415 g/mol. The molecule has 2 aromatic carbocycles. The predicted octanol–water partition coefficient (Wildman–Crippen LogP) is 3.99. The van der Waals surface area contributed by atoms with Crippen LogP contribution in [0.4, 0.5) is 4.39 Å². The fourth-order valence-electron chi connectivity index (χ4n) is 2.97. The van der Waals surface area contributed by atoms with E-state index in [1.165, 1.54) is 16.9 Å². The Morgan fingerprint density at radius 2 is 2.03 bits per heavy atom. The van der Waals surface area contributed by atoms with E-state index in [0.29, 0.717) is 22.8 Å². The molecule has 0 aliphatic carbocycles. The Bertz CT molecular complexity index is 1220. The van der Waals surface area contributed by atoms with Crippen LogP contribution >= 0.6 is 11.6 Å². The summed E-state index contributed by atoms with van der Waals surface area (Å²) in [6.07, 6.45) is 1.73. The number of benzene rings is 2. The van der Waals surface area contributed by atoms with Gasteiger partial charge in [-0.15, -0.1) is 5.10 Å². The molecule has 0 bridgehead atoms. The second-order valence-corrected chi connectivity index (χ2v) is 6.87. The predicted molar refractivity (Wildman–Crippen MR) is 105 cm³/mol. The molecule has 0 fully saturated rings. The van der Waals surface area contributed by atoms with Gasteiger partial charge in [0, 0.05) is 23.2 Å². The molecule has 0 amide bonds. The Kier molecular flexibility index (Phi) is 4.94. The largest absolute Gasteiger partial charge is 0.487 e. The van der Waals surface area contributed by atoms with Gasteiger partial charge < -0.3 is 14.4 Å². The third-order valence-electron chi connectivity index (χ3n) is 4.44. The van der Waals surface area contributed by atoms with Crippen molar-refractivity contribution in [2.75, 3.05) is 0 Å². The number of ether oxygens (including phenoxy) is 1. The van der Waals surface area contributed by atoms with Crippen LogP contribution in [-0.2, 0) is 17.9 Å². The highest BCUT2D eigenvalue weighted by molar-refractivity contribution is 6.30. The van der Waals surface area contributed by atoms with E-state index in [2.05, 4.69) is 10.2 Å². The highest BCUT2D eigenvalue weighted by Crippen LogP contribution is 2.23. The Morgan fingerprint density at radius 1 is 1.21 bits per heavy atom. The van der Waals surface area contributed by atoms with Crippen molar-refractivity contribution < 1.29 is 19.0 Å². The maximum atomic E-state index is 13.7. The standard InChI is InChI=1S/C20H16ClFN4O3/c1-12-18(24-26(23-12)14-2-4-16(21)17(22)9-14)11-29-15-3-5-19-13(8-15)6-7-25(19)10-20(27)28/h2-9H,10-11H2,1H3,(H,27,28). The van der Waals surface area contributed by atoms with Crippen LogP contribution in [0.15, 0.2) is 48.7 Å². The van der Waals surface area contributed by atoms with Crippen molar-refractivity contribution >= 4 is 28.5 Å². The second-order valence-electron chi connectivity index (χ2n) is 6.47. The molecule has 0 spiro atoms. The van der Waals surface area contributed by atoms with Gasteiger partial charge in [0.1, 0.15) is 30.4 Å². The lowest BCUT2D eigenvalue weighted by Gasteiger charge is -2.06. The Hall–Kier alpha value is -3.39. The van der Waals surface area contributed by atoms with Gasteiger partial charge in [0.05, 0.1) is 16.4 Å². The molecule has 1 N–H and O–H groups in total. The molecule has 2 heterocycles. The Labute approximate surface area is 169 Å². The number of carboxylic acid groups (broad SMARTS) is 1. The molecular formula is C20H16ClFN4O3. The van der Waals surface area contributed by atoms with Crippen LogP contribution in [0.3, 0.4) is 0 Å². The molecule has 0 saturated heterocycles. The van der Waals surface area contributed by atoms with Crippen molar-refractivity contribution in [3.8, 4) is 11.4 Å². The van der Waals surface area contributed by atoms with Gasteiger partial charge in [-0.25, -0.2) is 4.39 Å². The van der Waals surface area contributed by atoms with Crippen LogP contribution in [0.1, 0.15) is 11.4 Å². The van der Waals surface area contributed by atoms with E-state index in [1.807, 2.05) is 18.2 Å². The van der Waals surface area contributed by atoms with E-state index in [1.54, 1.807) is 29.8 Å². The minimum absolute atomic E-state index is 0.0359. The summed E-state index contributed by atoms with van der Waals surface area (Å²) in [7, 11) is 0. The van der Waals surface area contributed by atoms with Crippen LogP contribution in [0.2, 0.25) is 5.02 Å². The van der Waals surface area contributed by atoms with Gasteiger partial charge in [-0.05, 0) is 43.3 Å². The average Bonchev–Trinajstić information content (AvgIpc) is 3.25. The van der Waals surface area contributed by atoms with E-state index < -0.39 is 11.8 Å². The van der Waals surface area contributed by atoms with Crippen molar-refractivity contribution in [2.24, 2.45) is 0 Å².